The first-order valence-electron chi connectivity index (χ1n) is 8.24. The van der Waals surface area contributed by atoms with Gasteiger partial charge in [0, 0.05) is 24.0 Å². The van der Waals surface area contributed by atoms with Gasteiger partial charge in [0.15, 0.2) is 0 Å². The van der Waals surface area contributed by atoms with Crippen LogP contribution in [0.5, 0.6) is 5.88 Å². The first kappa shape index (κ1) is 16.2. The second kappa shape index (κ2) is 7.26. The van der Waals surface area contributed by atoms with Gasteiger partial charge < -0.3 is 10.1 Å². The van der Waals surface area contributed by atoms with Gasteiger partial charge in [0.25, 0.3) is 0 Å². The van der Waals surface area contributed by atoms with E-state index in [-0.39, 0.29) is 0 Å². The minimum Gasteiger partial charge on any atom is -0.480 e. The largest absolute Gasteiger partial charge is 0.480 e. The van der Waals surface area contributed by atoms with Gasteiger partial charge in [0.05, 0.1) is 12.7 Å². The lowest BCUT2D eigenvalue weighted by atomic mass is 9.87. The molecule has 1 N–H and O–H groups in total. The van der Waals surface area contributed by atoms with Gasteiger partial charge in [-0.05, 0) is 43.7 Å². The summed E-state index contributed by atoms with van der Waals surface area (Å²) in [6.45, 7) is 2.30. The number of nitrogens with zero attached hydrogens (tertiary/aromatic N) is 4. The van der Waals surface area contributed by atoms with Crippen molar-refractivity contribution in [3.05, 3.63) is 30.2 Å². The van der Waals surface area contributed by atoms with Gasteiger partial charge in [-0.3, -0.25) is 0 Å². The second-order valence-electron chi connectivity index (χ2n) is 6.23. The molecule has 1 aliphatic rings. The molecule has 1 fully saturated rings. The van der Waals surface area contributed by atoms with E-state index < -0.39 is 0 Å². The standard InChI is InChI=1S/C18H21N5O/c1-12-5-7-13(8-6-12)22-18-21-11-15(17(23-18)24-2)14-4-3-9-20-16(14)10-19/h3-4,9,11-13H,5-8H2,1-2H3,(H,21,22,23)/t12-,13-. The summed E-state index contributed by atoms with van der Waals surface area (Å²) in [7, 11) is 1.57. The summed E-state index contributed by atoms with van der Waals surface area (Å²) in [6, 6.07) is 6.10. The number of hydrogen-bond donors (Lipinski definition) is 1. The van der Waals surface area contributed by atoms with Crippen LogP contribution in [0.25, 0.3) is 11.1 Å². The van der Waals surface area contributed by atoms with Crippen molar-refractivity contribution in [3.63, 3.8) is 0 Å². The van der Waals surface area contributed by atoms with Crippen molar-refractivity contribution in [3.8, 4) is 23.1 Å². The Kier molecular flexibility index (Phi) is 4.90. The van der Waals surface area contributed by atoms with E-state index >= 15 is 0 Å². The van der Waals surface area contributed by atoms with E-state index in [0.29, 0.717) is 34.7 Å². The lowest BCUT2D eigenvalue weighted by Gasteiger charge is -2.27. The van der Waals surface area contributed by atoms with Gasteiger partial charge in [-0.1, -0.05) is 6.92 Å². The molecule has 0 unspecified atom stereocenters. The van der Waals surface area contributed by atoms with Gasteiger partial charge in [-0.15, -0.1) is 0 Å². The van der Waals surface area contributed by atoms with Gasteiger partial charge in [-0.2, -0.15) is 10.2 Å². The number of nitriles is 1. The first-order chi connectivity index (χ1) is 11.7. The maximum Gasteiger partial charge on any atom is 0.226 e. The quantitative estimate of drug-likeness (QED) is 0.928. The SMILES string of the molecule is COc1nc(N[C@H]2CC[C@H](C)CC2)ncc1-c1cccnc1C#N. The molecule has 0 saturated heterocycles. The molecule has 24 heavy (non-hydrogen) atoms. The Hall–Kier alpha value is -2.68. The monoisotopic (exact) mass is 323 g/mol. The van der Waals surface area contributed by atoms with Crippen LogP contribution in [0.15, 0.2) is 24.5 Å². The summed E-state index contributed by atoms with van der Waals surface area (Å²) in [6.07, 6.45) is 8.01. The van der Waals surface area contributed by atoms with E-state index in [4.69, 9.17) is 4.74 Å². The summed E-state index contributed by atoms with van der Waals surface area (Å²) in [5.74, 6) is 1.81. The van der Waals surface area contributed by atoms with Crippen LogP contribution in [0.1, 0.15) is 38.3 Å². The summed E-state index contributed by atoms with van der Waals surface area (Å²) in [5, 5.41) is 12.6. The van der Waals surface area contributed by atoms with Gasteiger partial charge in [0.2, 0.25) is 11.8 Å². The third kappa shape index (κ3) is 3.46. The van der Waals surface area contributed by atoms with Crippen molar-refractivity contribution in [2.45, 2.75) is 38.6 Å². The van der Waals surface area contributed by atoms with Crippen LogP contribution in [0.3, 0.4) is 0 Å². The highest BCUT2D eigenvalue weighted by atomic mass is 16.5. The van der Waals surface area contributed by atoms with E-state index in [2.05, 4.69) is 33.3 Å². The minimum atomic E-state index is 0.335. The average molecular weight is 323 g/mol. The fourth-order valence-electron chi connectivity index (χ4n) is 3.07. The number of hydrogen-bond acceptors (Lipinski definition) is 6. The zero-order chi connectivity index (χ0) is 16.9. The third-order valence-corrected chi connectivity index (χ3v) is 4.50. The van der Waals surface area contributed by atoms with Crippen molar-refractivity contribution < 1.29 is 4.74 Å². The maximum atomic E-state index is 9.23. The molecule has 124 valence electrons. The number of nitrogens with one attached hydrogen (secondary N) is 1. The van der Waals surface area contributed by atoms with E-state index in [1.165, 1.54) is 12.8 Å². The molecule has 0 aromatic carbocycles. The summed E-state index contributed by atoms with van der Waals surface area (Å²) in [4.78, 5) is 13.0. The molecule has 0 spiro atoms. The van der Waals surface area contributed by atoms with Crippen LogP contribution in [0.2, 0.25) is 0 Å². The molecule has 3 rings (SSSR count). The Bertz CT molecular complexity index is 747. The van der Waals surface area contributed by atoms with E-state index in [1.54, 1.807) is 25.6 Å². The van der Waals surface area contributed by atoms with Crippen LogP contribution < -0.4 is 10.1 Å². The average Bonchev–Trinajstić information content (AvgIpc) is 2.63. The zero-order valence-electron chi connectivity index (χ0n) is 14.0. The highest BCUT2D eigenvalue weighted by molar-refractivity contribution is 5.72. The molecule has 2 aromatic heterocycles. The molecule has 0 amide bonds. The predicted molar refractivity (Wildman–Crippen MR) is 91.6 cm³/mol. The maximum absolute atomic E-state index is 9.23. The predicted octanol–water partition coefficient (Wildman–Crippen LogP) is 3.41. The molecule has 1 aliphatic carbocycles. The number of anilines is 1. The van der Waals surface area contributed by atoms with Crippen LogP contribution in [0.4, 0.5) is 5.95 Å². The van der Waals surface area contributed by atoms with Crippen molar-refractivity contribution in [1.82, 2.24) is 15.0 Å². The molecule has 1 saturated carbocycles. The van der Waals surface area contributed by atoms with E-state index in [0.717, 1.165) is 18.8 Å². The molecule has 6 nitrogen and oxygen atoms in total. The molecule has 6 heteroatoms. The summed E-state index contributed by atoms with van der Waals surface area (Å²) in [5.41, 5.74) is 1.68. The minimum absolute atomic E-state index is 0.335. The molecular weight excluding hydrogens is 302 g/mol. The van der Waals surface area contributed by atoms with Gasteiger partial charge >= 0.3 is 0 Å². The lowest BCUT2D eigenvalue weighted by molar-refractivity contribution is 0.359. The van der Waals surface area contributed by atoms with Crippen molar-refractivity contribution in [2.75, 3.05) is 12.4 Å². The Morgan fingerprint density at radius 3 is 2.71 bits per heavy atom. The van der Waals surface area contributed by atoms with E-state index in [1.807, 2.05) is 6.07 Å². The number of pyridine rings is 1. The highest BCUT2D eigenvalue weighted by Crippen LogP contribution is 2.31. The smallest absolute Gasteiger partial charge is 0.226 e. The number of aromatic nitrogens is 3. The summed E-state index contributed by atoms with van der Waals surface area (Å²) >= 11 is 0. The van der Waals surface area contributed by atoms with Gasteiger partial charge in [0.1, 0.15) is 11.8 Å². The van der Waals surface area contributed by atoms with Crippen LogP contribution in [-0.2, 0) is 0 Å². The molecule has 0 radical (unpaired) electrons. The molecule has 2 heterocycles. The fraction of sp³-hybridized carbons (Fsp3) is 0.444. The van der Waals surface area contributed by atoms with Crippen LogP contribution in [-0.4, -0.2) is 28.1 Å². The Labute approximate surface area is 141 Å². The molecule has 0 aliphatic heterocycles. The highest BCUT2D eigenvalue weighted by Gasteiger charge is 2.20. The van der Waals surface area contributed by atoms with E-state index in [9.17, 15) is 5.26 Å². The van der Waals surface area contributed by atoms with Crippen molar-refractivity contribution in [1.29, 1.82) is 5.26 Å². The Morgan fingerprint density at radius 1 is 1.21 bits per heavy atom. The number of rotatable bonds is 4. The molecule has 2 aromatic rings. The number of methoxy groups -OCH3 is 1. The lowest BCUT2D eigenvalue weighted by Crippen LogP contribution is -2.26. The Balaban J connectivity index is 1.85. The topological polar surface area (TPSA) is 83.7 Å². The van der Waals surface area contributed by atoms with Crippen molar-refractivity contribution in [2.24, 2.45) is 5.92 Å². The third-order valence-electron chi connectivity index (χ3n) is 4.50. The van der Waals surface area contributed by atoms with Crippen LogP contribution in [0, 0.1) is 17.2 Å². The second-order valence-corrected chi connectivity index (χ2v) is 6.23. The zero-order valence-corrected chi connectivity index (χ0v) is 14.0. The Morgan fingerprint density at radius 2 is 2.00 bits per heavy atom. The van der Waals surface area contributed by atoms with Crippen LogP contribution >= 0.6 is 0 Å². The summed E-state index contributed by atoms with van der Waals surface area (Å²) < 4.78 is 5.42. The molecule has 0 bridgehead atoms. The molecular formula is C18H21N5O. The number of ether oxygens (including phenoxy) is 1. The van der Waals surface area contributed by atoms with Crippen molar-refractivity contribution >= 4 is 5.95 Å². The first-order valence-corrected chi connectivity index (χ1v) is 8.24. The van der Waals surface area contributed by atoms with Gasteiger partial charge in [-0.25, -0.2) is 9.97 Å². The fourth-order valence-corrected chi connectivity index (χ4v) is 3.07. The molecule has 0 atom stereocenters. The normalized spacial score (nSPS) is 20.2.